The lowest BCUT2D eigenvalue weighted by Crippen LogP contribution is -1.90. The molecule has 0 fully saturated rings. The average Bonchev–Trinajstić information content (AvgIpc) is 2.20. The molecule has 0 unspecified atom stereocenters. The highest BCUT2D eigenvalue weighted by molar-refractivity contribution is 5.93. The third-order valence-corrected chi connectivity index (χ3v) is 1.93. The summed E-state index contributed by atoms with van der Waals surface area (Å²) in [5.41, 5.74) is 0.319. The zero-order chi connectivity index (χ0) is 11.3. The predicted molar refractivity (Wildman–Crippen MR) is 57.0 cm³/mol. The number of benzene rings is 1. The average molecular weight is 208 g/mol. The summed E-state index contributed by atoms with van der Waals surface area (Å²) in [7, 11) is 0. The van der Waals surface area contributed by atoms with Gasteiger partial charge >= 0.3 is 0 Å². The lowest BCUT2D eigenvalue weighted by atomic mass is 10.1. The topological polar surface area (TPSA) is 37.3 Å². The highest BCUT2D eigenvalue weighted by Crippen LogP contribution is 2.19. The molecule has 1 aromatic carbocycles. The molecule has 3 heteroatoms. The van der Waals surface area contributed by atoms with Gasteiger partial charge in [-0.3, -0.25) is 4.79 Å². The molecule has 0 aliphatic carbocycles. The van der Waals surface area contributed by atoms with Crippen molar-refractivity contribution in [1.29, 1.82) is 0 Å². The molecule has 0 atom stereocenters. The normalized spacial score (nSPS) is 10.8. The maximum absolute atomic E-state index is 12.8. The Morgan fingerprint density at radius 1 is 1.53 bits per heavy atom. The molecule has 0 aliphatic rings. The molecule has 0 saturated heterocycles. The van der Waals surface area contributed by atoms with Crippen molar-refractivity contribution in [3.63, 3.8) is 0 Å². The van der Waals surface area contributed by atoms with E-state index in [0.717, 1.165) is 6.42 Å². The van der Waals surface area contributed by atoms with Crippen LogP contribution in [0.2, 0.25) is 0 Å². The third kappa shape index (κ3) is 3.54. The van der Waals surface area contributed by atoms with Crippen molar-refractivity contribution < 1.29 is 14.3 Å². The van der Waals surface area contributed by atoms with E-state index in [9.17, 15) is 14.3 Å². The Labute approximate surface area is 88.1 Å². The molecule has 15 heavy (non-hydrogen) atoms. The van der Waals surface area contributed by atoms with Gasteiger partial charge in [-0.2, -0.15) is 0 Å². The fourth-order valence-corrected chi connectivity index (χ4v) is 1.17. The zero-order valence-electron chi connectivity index (χ0n) is 8.53. The predicted octanol–water partition coefficient (Wildman–Crippen LogP) is 2.91. The van der Waals surface area contributed by atoms with E-state index in [1.165, 1.54) is 30.4 Å². The number of phenols is 1. The molecular weight excluding hydrogens is 195 g/mol. The summed E-state index contributed by atoms with van der Waals surface area (Å²) in [6, 6.07) is 3.62. The summed E-state index contributed by atoms with van der Waals surface area (Å²) < 4.78 is 12.8. The Morgan fingerprint density at radius 2 is 2.27 bits per heavy atom. The standard InChI is InChI=1S/C12H13FO2/c1-2-3-11(14)6-4-9-8-10(13)5-7-12(9)15/h4-8,15H,2-3H2,1H3/b6-4+. The third-order valence-electron chi connectivity index (χ3n) is 1.93. The van der Waals surface area contributed by atoms with Gasteiger partial charge in [0.2, 0.25) is 0 Å². The van der Waals surface area contributed by atoms with E-state index in [-0.39, 0.29) is 11.5 Å². The van der Waals surface area contributed by atoms with Gasteiger partial charge in [-0.15, -0.1) is 0 Å². The zero-order valence-corrected chi connectivity index (χ0v) is 8.53. The molecule has 2 nitrogen and oxygen atoms in total. The Hall–Kier alpha value is -1.64. The molecule has 0 heterocycles. The second kappa shape index (κ2) is 5.29. The number of rotatable bonds is 4. The highest BCUT2D eigenvalue weighted by atomic mass is 19.1. The summed E-state index contributed by atoms with van der Waals surface area (Å²) in [4.78, 5) is 11.2. The lowest BCUT2D eigenvalue weighted by Gasteiger charge is -1.98. The van der Waals surface area contributed by atoms with Crippen LogP contribution in [0, 0.1) is 5.82 Å². The van der Waals surface area contributed by atoms with Gasteiger partial charge in [0.15, 0.2) is 5.78 Å². The number of hydrogen-bond acceptors (Lipinski definition) is 2. The van der Waals surface area contributed by atoms with Crippen LogP contribution >= 0.6 is 0 Å². The Bertz CT molecular complexity index is 383. The molecule has 1 aromatic rings. The first-order chi connectivity index (χ1) is 7.13. The molecule has 1 rings (SSSR count). The van der Waals surface area contributed by atoms with Crippen LogP contribution in [-0.2, 0) is 4.79 Å². The summed E-state index contributed by atoms with van der Waals surface area (Å²) in [6.45, 7) is 1.91. The molecule has 80 valence electrons. The minimum atomic E-state index is -0.435. The van der Waals surface area contributed by atoms with Crippen LogP contribution < -0.4 is 0 Å². The van der Waals surface area contributed by atoms with Gasteiger partial charge in [0.1, 0.15) is 11.6 Å². The van der Waals surface area contributed by atoms with E-state index in [2.05, 4.69) is 0 Å². The highest BCUT2D eigenvalue weighted by Gasteiger charge is 2.00. The molecule has 0 amide bonds. The first-order valence-corrected chi connectivity index (χ1v) is 4.83. The molecule has 0 spiro atoms. The monoisotopic (exact) mass is 208 g/mol. The number of aromatic hydroxyl groups is 1. The van der Waals surface area contributed by atoms with Crippen LogP contribution in [0.1, 0.15) is 25.3 Å². The van der Waals surface area contributed by atoms with E-state index in [0.29, 0.717) is 12.0 Å². The van der Waals surface area contributed by atoms with Crippen molar-refractivity contribution in [2.45, 2.75) is 19.8 Å². The minimum absolute atomic E-state index is 0.0267. The second-order valence-electron chi connectivity index (χ2n) is 3.25. The summed E-state index contributed by atoms with van der Waals surface area (Å²) in [5.74, 6) is -0.492. The van der Waals surface area contributed by atoms with Gasteiger partial charge < -0.3 is 5.11 Å². The molecule has 0 radical (unpaired) electrons. The molecule has 0 bridgehead atoms. The Kier molecular flexibility index (Phi) is 4.03. The molecule has 0 aromatic heterocycles. The smallest absolute Gasteiger partial charge is 0.155 e. The number of carbonyl (C=O) groups excluding carboxylic acids is 1. The van der Waals surface area contributed by atoms with Crippen LogP contribution in [0.4, 0.5) is 4.39 Å². The number of phenolic OH excluding ortho intramolecular Hbond substituents is 1. The van der Waals surface area contributed by atoms with Crippen LogP contribution in [0.25, 0.3) is 6.08 Å². The summed E-state index contributed by atoms with van der Waals surface area (Å²) >= 11 is 0. The van der Waals surface area contributed by atoms with E-state index >= 15 is 0 Å². The Balaban J connectivity index is 2.79. The van der Waals surface area contributed by atoms with E-state index in [1.807, 2.05) is 6.92 Å². The van der Waals surface area contributed by atoms with E-state index in [4.69, 9.17) is 0 Å². The maximum Gasteiger partial charge on any atom is 0.155 e. The minimum Gasteiger partial charge on any atom is -0.507 e. The number of hydrogen-bond donors (Lipinski definition) is 1. The molecule has 0 saturated carbocycles. The number of carbonyl (C=O) groups is 1. The fraction of sp³-hybridized carbons (Fsp3) is 0.250. The molecule has 1 N–H and O–H groups in total. The second-order valence-corrected chi connectivity index (χ2v) is 3.25. The van der Waals surface area contributed by atoms with Crippen molar-refractivity contribution in [1.82, 2.24) is 0 Å². The van der Waals surface area contributed by atoms with Crippen LogP contribution in [-0.4, -0.2) is 10.9 Å². The number of allylic oxidation sites excluding steroid dienone is 1. The summed E-state index contributed by atoms with van der Waals surface area (Å²) in [5, 5.41) is 9.35. The van der Waals surface area contributed by atoms with Gasteiger partial charge in [0.25, 0.3) is 0 Å². The van der Waals surface area contributed by atoms with Crippen LogP contribution in [0.5, 0.6) is 5.75 Å². The van der Waals surface area contributed by atoms with Crippen LogP contribution in [0.15, 0.2) is 24.3 Å². The SMILES string of the molecule is CCCC(=O)/C=C/c1cc(F)ccc1O. The largest absolute Gasteiger partial charge is 0.507 e. The molecular formula is C12H13FO2. The quantitative estimate of drug-likeness (QED) is 0.772. The lowest BCUT2D eigenvalue weighted by molar-refractivity contribution is -0.114. The van der Waals surface area contributed by atoms with E-state index < -0.39 is 5.82 Å². The van der Waals surface area contributed by atoms with Gasteiger partial charge in [-0.05, 0) is 36.8 Å². The molecule has 0 aliphatic heterocycles. The van der Waals surface area contributed by atoms with Crippen molar-refractivity contribution in [3.8, 4) is 5.75 Å². The van der Waals surface area contributed by atoms with Crippen molar-refractivity contribution in [3.05, 3.63) is 35.7 Å². The van der Waals surface area contributed by atoms with Gasteiger partial charge in [0.05, 0.1) is 0 Å². The maximum atomic E-state index is 12.8. The van der Waals surface area contributed by atoms with Crippen molar-refractivity contribution in [2.75, 3.05) is 0 Å². The van der Waals surface area contributed by atoms with Crippen LogP contribution in [0.3, 0.4) is 0 Å². The first-order valence-electron chi connectivity index (χ1n) is 4.83. The first kappa shape index (κ1) is 11.4. The van der Waals surface area contributed by atoms with Crippen molar-refractivity contribution in [2.24, 2.45) is 0 Å². The summed E-state index contributed by atoms with van der Waals surface area (Å²) in [6.07, 6.45) is 4.03. The van der Waals surface area contributed by atoms with Crippen molar-refractivity contribution >= 4 is 11.9 Å². The fourth-order valence-electron chi connectivity index (χ4n) is 1.17. The van der Waals surface area contributed by atoms with E-state index in [1.54, 1.807) is 0 Å². The van der Waals surface area contributed by atoms with Gasteiger partial charge in [-0.1, -0.05) is 6.92 Å². The van der Waals surface area contributed by atoms with Gasteiger partial charge in [-0.25, -0.2) is 4.39 Å². The number of halogens is 1. The Morgan fingerprint density at radius 3 is 2.93 bits per heavy atom. The van der Waals surface area contributed by atoms with Gasteiger partial charge in [0, 0.05) is 12.0 Å². The number of ketones is 1.